The molecule has 0 radical (unpaired) electrons. The van der Waals surface area contributed by atoms with E-state index in [4.69, 9.17) is 10.2 Å². The number of rotatable bonds is 4. The highest BCUT2D eigenvalue weighted by molar-refractivity contribution is 5.66. The van der Waals surface area contributed by atoms with Crippen LogP contribution < -0.4 is 0 Å². The molecule has 114 valence electrons. The van der Waals surface area contributed by atoms with Crippen LogP contribution in [0.4, 0.5) is 17.6 Å². The Bertz CT molecular complexity index is 448. The molecule has 20 heavy (non-hydrogen) atoms. The van der Waals surface area contributed by atoms with Gasteiger partial charge in [-0.25, -0.2) is 17.6 Å². The molecule has 0 fully saturated rings. The maximum atomic E-state index is 13.1. The molecule has 0 amide bonds. The van der Waals surface area contributed by atoms with E-state index in [-0.39, 0.29) is 6.42 Å². The van der Waals surface area contributed by atoms with E-state index < -0.39 is 53.6 Å². The fourth-order valence-electron chi connectivity index (χ4n) is 1.13. The van der Waals surface area contributed by atoms with Crippen LogP contribution in [0.5, 0.6) is 0 Å². The molecule has 8 heteroatoms. The first-order valence-electron chi connectivity index (χ1n) is 5.46. The number of carbonyl (C=O) groups is 1. The molecule has 0 spiro atoms. The molecule has 0 saturated heterocycles. The van der Waals surface area contributed by atoms with E-state index in [9.17, 15) is 22.4 Å². The van der Waals surface area contributed by atoms with Gasteiger partial charge in [-0.2, -0.15) is 0 Å². The van der Waals surface area contributed by atoms with Gasteiger partial charge in [0, 0.05) is 13.5 Å². The highest BCUT2D eigenvalue weighted by atomic mass is 19.2. The zero-order valence-electron chi connectivity index (χ0n) is 10.8. The third-order valence-corrected chi connectivity index (χ3v) is 2.19. The minimum absolute atomic E-state index is 0.222. The molecule has 0 bridgehead atoms. The largest absolute Gasteiger partial charge is 0.481 e. The number of carboxylic acids is 1. The van der Waals surface area contributed by atoms with Gasteiger partial charge < -0.3 is 14.9 Å². The van der Waals surface area contributed by atoms with E-state index in [0.717, 1.165) is 7.11 Å². The number of hydrogen-bond donors (Lipinski definition) is 2. The van der Waals surface area contributed by atoms with Crippen LogP contribution in [0, 0.1) is 23.3 Å². The van der Waals surface area contributed by atoms with Crippen molar-refractivity contribution in [3.63, 3.8) is 0 Å². The Labute approximate surface area is 112 Å². The summed E-state index contributed by atoms with van der Waals surface area (Å²) in [5.41, 5.74) is -1.85. The Kier molecular flexibility index (Phi) is 7.78. The van der Waals surface area contributed by atoms with Gasteiger partial charge in [0.25, 0.3) is 0 Å². The molecule has 0 atom stereocenters. The number of aliphatic carboxylic acids is 1. The minimum atomic E-state index is -1.59. The summed E-state index contributed by atoms with van der Waals surface area (Å²) in [5, 5.41) is 16.2. The quantitative estimate of drug-likeness (QED) is 0.661. The summed E-state index contributed by atoms with van der Waals surface area (Å²) in [6, 6.07) is 0. The average Bonchev–Trinajstić information content (AvgIpc) is 2.43. The molecule has 4 nitrogen and oxygen atoms in total. The van der Waals surface area contributed by atoms with E-state index in [1.807, 2.05) is 0 Å². The van der Waals surface area contributed by atoms with Crippen molar-refractivity contribution in [1.82, 2.24) is 0 Å². The summed E-state index contributed by atoms with van der Waals surface area (Å²) in [5.74, 6) is -7.02. The van der Waals surface area contributed by atoms with E-state index in [0.29, 0.717) is 0 Å². The molecule has 1 rings (SSSR count). The second kappa shape index (κ2) is 8.49. The van der Waals surface area contributed by atoms with Crippen LogP contribution in [0.25, 0.3) is 0 Å². The normalized spacial score (nSPS) is 9.95. The molecular formula is C12H14F4O4. The van der Waals surface area contributed by atoms with Gasteiger partial charge >= 0.3 is 5.97 Å². The summed E-state index contributed by atoms with van der Waals surface area (Å²) in [7, 11) is 1.13. The van der Waals surface area contributed by atoms with Crippen LogP contribution in [0.15, 0.2) is 0 Å². The molecule has 0 heterocycles. The van der Waals surface area contributed by atoms with E-state index in [1.165, 1.54) is 0 Å². The Morgan fingerprint density at radius 2 is 1.40 bits per heavy atom. The maximum Gasteiger partial charge on any atom is 0.303 e. The molecule has 0 aliphatic rings. The van der Waals surface area contributed by atoms with Crippen molar-refractivity contribution in [1.29, 1.82) is 0 Å². The molecule has 0 aromatic heterocycles. The highest BCUT2D eigenvalue weighted by Crippen LogP contribution is 2.24. The van der Waals surface area contributed by atoms with Gasteiger partial charge in [-0.05, 0) is 0 Å². The van der Waals surface area contributed by atoms with Crippen LogP contribution in [-0.2, 0) is 22.7 Å². The Morgan fingerprint density at radius 1 is 1.05 bits per heavy atom. The zero-order valence-corrected chi connectivity index (χ0v) is 10.8. The second-order valence-electron chi connectivity index (χ2n) is 3.55. The monoisotopic (exact) mass is 298 g/mol. The molecule has 0 aliphatic carbocycles. The smallest absolute Gasteiger partial charge is 0.303 e. The minimum Gasteiger partial charge on any atom is -0.481 e. The number of carboxylic acid groups (broad SMARTS) is 1. The fourth-order valence-corrected chi connectivity index (χ4v) is 1.13. The van der Waals surface area contributed by atoms with E-state index in [2.05, 4.69) is 4.74 Å². The summed E-state index contributed by atoms with van der Waals surface area (Å²) in [6.07, 6.45) is 0.222. The number of aliphatic hydroxyl groups is 1. The molecule has 2 N–H and O–H groups in total. The lowest BCUT2D eigenvalue weighted by Gasteiger charge is -2.09. The van der Waals surface area contributed by atoms with Gasteiger partial charge in [0.1, 0.15) is 0 Å². The van der Waals surface area contributed by atoms with Crippen molar-refractivity contribution < 1.29 is 37.3 Å². The first kappa shape index (κ1) is 18.3. The standard InChI is InChI=1S/C9H8F4O2.C3H6O2/c1-15-3-5-8(12)6(10)4(2-14)7(11)9(5)13;1-2-3(4)5/h14H,2-3H2,1H3;2H2,1H3,(H,4,5). The number of hydrogen-bond acceptors (Lipinski definition) is 3. The predicted octanol–water partition coefficient (Wildman–Crippen LogP) is 2.36. The summed E-state index contributed by atoms with van der Waals surface area (Å²) >= 11 is 0. The lowest BCUT2D eigenvalue weighted by Crippen LogP contribution is -2.09. The number of halogens is 4. The lowest BCUT2D eigenvalue weighted by molar-refractivity contribution is -0.136. The zero-order chi connectivity index (χ0) is 15.9. The SMILES string of the molecule is CCC(=O)O.COCc1c(F)c(F)c(CO)c(F)c1F. The Morgan fingerprint density at radius 3 is 1.65 bits per heavy atom. The van der Waals surface area contributed by atoms with Gasteiger partial charge in [0.2, 0.25) is 0 Å². The van der Waals surface area contributed by atoms with Crippen molar-refractivity contribution >= 4 is 5.97 Å². The lowest BCUT2D eigenvalue weighted by atomic mass is 10.1. The molecule has 1 aromatic rings. The third-order valence-electron chi connectivity index (χ3n) is 2.19. The van der Waals surface area contributed by atoms with Crippen molar-refractivity contribution in [2.45, 2.75) is 26.6 Å². The van der Waals surface area contributed by atoms with Crippen LogP contribution in [-0.4, -0.2) is 23.3 Å². The number of methoxy groups -OCH3 is 1. The highest BCUT2D eigenvalue weighted by Gasteiger charge is 2.24. The molecule has 1 aromatic carbocycles. The summed E-state index contributed by atoms with van der Waals surface area (Å²) in [4.78, 5) is 9.37. The summed E-state index contributed by atoms with van der Waals surface area (Å²) in [6.45, 7) is -0.0989. The van der Waals surface area contributed by atoms with Crippen molar-refractivity contribution in [3.05, 3.63) is 34.4 Å². The maximum absolute atomic E-state index is 13.1. The average molecular weight is 298 g/mol. The molecule has 0 saturated carbocycles. The number of ether oxygens (including phenoxy) is 1. The fraction of sp³-hybridized carbons (Fsp3) is 0.417. The topological polar surface area (TPSA) is 66.8 Å². The van der Waals surface area contributed by atoms with Gasteiger partial charge in [-0.3, -0.25) is 4.79 Å². The Hall–Kier alpha value is -1.67. The van der Waals surface area contributed by atoms with Crippen LogP contribution in [0.1, 0.15) is 24.5 Å². The van der Waals surface area contributed by atoms with E-state index >= 15 is 0 Å². The number of benzene rings is 1. The first-order valence-corrected chi connectivity index (χ1v) is 5.46. The van der Waals surface area contributed by atoms with Gasteiger partial charge in [-0.1, -0.05) is 6.92 Å². The number of aliphatic hydroxyl groups excluding tert-OH is 1. The molecule has 0 unspecified atom stereocenters. The van der Waals surface area contributed by atoms with Crippen LogP contribution >= 0.6 is 0 Å². The molecule has 0 aliphatic heterocycles. The van der Waals surface area contributed by atoms with Gasteiger partial charge in [-0.15, -0.1) is 0 Å². The van der Waals surface area contributed by atoms with Gasteiger partial charge in [0.05, 0.1) is 24.3 Å². The van der Waals surface area contributed by atoms with Crippen molar-refractivity contribution in [3.8, 4) is 0 Å². The Balaban J connectivity index is 0.000000621. The predicted molar refractivity (Wildman–Crippen MR) is 60.8 cm³/mol. The van der Waals surface area contributed by atoms with Crippen molar-refractivity contribution in [2.24, 2.45) is 0 Å². The van der Waals surface area contributed by atoms with Crippen molar-refractivity contribution in [2.75, 3.05) is 7.11 Å². The first-order chi connectivity index (χ1) is 9.31. The summed E-state index contributed by atoms with van der Waals surface area (Å²) < 4.78 is 56.7. The second-order valence-corrected chi connectivity index (χ2v) is 3.55. The van der Waals surface area contributed by atoms with Crippen LogP contribution in [0.3, 0.4) is 0 Å². The van der Waals surface area contributed by atoms with Gasteiger partial charge in [0.15, 0.2) is 23.3 Å². The molecular weight excluding hydrogens is 284 g/mol. The third kappa shape index (κ3) is 4.46. The van der Waals surface area contributed by atoms with Crippen LogP contribution in [0.2, 0.25) is 0 Å². The van der Waals surface area contributed by atoms with E-state index in [1.54, 1.807) is 6.92 Å².